The van der Waals surface area contributed by atoms with Crippen LogP contribution in [0.25, 0.3) is 0 Å². The molecular weight excluding hydrogens is 250 g/mol. The Kier molecular flexibility index (Phi) is 3.24. The summed E-state index contributed by atoms with van der Waals surface area (Å²) in [7, 11) is 1.81. The summed E-state index contributed by atoms with van der Waals surface area (Å²) >= 11 is 0. The van der Waals surface area contributed by atoms with Crippen LogP contribution in [0.1, 0.15) is 38.7 Å². The zero-order valence-corrected chi connectivity index (χ0v) is 12.3. The van der Waals surface area contributed by atoms with Gasteiger partial charge in [-0.2, -0.15) is 5.10 Å². The summed E-state index contributed by atoms with van der Waals surface area (Å²) in [5, 5.41) is 6.85. The number of hydrogen-bond acceptors (Lipinski definition) is 3. The van der Waals surface area contributed by atoms with Gasteiger partial charge >= 0.3 is 0 Å². The molecule has 0 saturated carbocycles. The first-order valence-corrected chi connectivity index (χ1v) is 7.34. The maximum absolute atomic E-state index is 12.4. The van der Waals surface area contributed by atoms with Crippen molar-refractivity contribution in [1.82, 2.24) is 5.01 Å². The van der Waals surface area contributed by atoms with Crippen LogP contribution in [0.3, 0.4) is 0 Å². The topological polar surface area (TPSA) is 35.9 Å². The molecule has 0 N–H and O–H groups in total. The van der Waals surface area contributed by atoms with Crippen molar-refractivity contribution >= 4 is 17.3 Å². The summed E-state index contributed by atoms with van der Waals surface area (Å²) in [5.74, 6) is -0.00354. The lowest BCUT2D eigenvalue weighted by atomic mass is 10.00. The van der Waals surface area contributed by atoms with Crippen LogP contribution in [0, 0.1) is 0 Å². The third-order valence-corrected chi connectivity index (χ3v) is 4.39. The molecule has 1 aromatic rings. The second-order valence-electron chi connectivity index (χ2n) is 5.84. The second kappa shape index (κ2) is 4.93. The van der Waals surface area contributed by atoms with Crippen LogP contribution in [0.15, 0.2) is 29.4 Å². The zero-order chi connectivity index (χ0) is 14.3. The minimum atomic E-state index is -0.00354. The first-order chi connectivity index (χ1) is 9.59. The number of piperidine rings is 1. The number of nitrogens with zero attached hydrogens (tertiary/aromatic N) is 3. The van der Waals surface area contributed by atoms with E-state index in [9.17, 15) is 4.79 Å². The monoisotopic (exact) mass is 271 g/mol. The van der Waals surface area contributed by atoms with Gasteiger partial charge in [-0.25, -0.2) is 0 Å². The van der Waals surface area contributed by atoms with Crippen molar-refractivity contribution in [2.45, 2.75) is 45.2 Å². The van der Waals surface area contributed by atoms with Crippen LogP contribution in [0.2, 0.25) is 0 Å². The lowest BCUT2D eigenvalue weighted by molar-refractivity contribution is -0.112. The Labute approximate surface area is 120 Å². The molecule has 1 amide bonds. The molecule has 4 nitrogen and oxygen atoms in total. The quantitative estimate of drug-likeness (QED) is 0.787. The van der Waals surface area contributed by atoms with Gasteiger partial charge in [-0.3, -0.25) is 9.80 Å². The molecule has 1 saturated heterocycles. The number of carbonyl (C=O) groups excluding carboxylic acids is 1. The maximum Gasteiger partial charge on any atom is 0.279 e. The Bertz CT molecular complexity index is 557. The molecule has 2 heterocycles. The summed E-state index contributed by atoms with van der Waals surface area (Å²) < 4.78 is 0. The highest BCUT2D eigenvalue weighted by molar-refractivity contribution is 6.54. The molecule has 3 rings (SSSR count). The van der Waals surface area contributed by atoms with Crippen LogP contribution in [0.4, 0.5) is 5.69 Å². The fraction of sp³-hybridized carbons (Fsp3) is 0.500. The van der Waals surface area contributed by atoms with Gasteiger partial charge in [0.1, 0.15) is 0 Å². The number of likely N-dealkylation sites (N-methyl/N-ethyl adjacent to an activating group) is 1. The molecule has 0 spiro atoms. The molecule has 2 aliphatic heterocycles. The van der Waals surface area contributed by atoms with Gasteiger partial charge in [0.05, 0.1) is 5.69 Å². The summed E-state index contributed by atoms with van der Waals surface area (Å²) in [6, 6.07) is 8.67. The van der Waals surface area contributed by atoms with Crippen molar-refractivity contribution < 1.29 is 4.79 Å². The van der Waals surface area contributed by atoms with E-state index in [0.717, 1.165) is 24.1 Å². The van der Waals surface area contributed by atoms with Crippen LogP contribution in [-0.4, -0.2) is 35.8 Å². The molecule has 0 aliphatic carbocycles. The zero-order valence-electron chi connectivity index (χ0n) is 12.3. The number of anilines is 1. The smallest absolute Gasteiger partial charge is 0.279 e. The van der Waals surface area contributed by atoms with E-state index >= 15 is 0 Å². The maximum atomic E-state index is 12.4. The Morgan fingerprint density at radius 1 is 1.15 bits per heavy atom. The van der Waals surface area contributed by atoms with Gasteiger partial charge in [-0.15, -0.1) is 0 Å². The summed E-state index contributed by atoms with van der Waals surface area (Å²) in [4.78, 5) is 14.1. The van der Waals surface area contributed by atoms with E-state index in [1.807, 2.05) is 31.3 Å². The molecule has 0 aromatic heterocycles. The Morgan fingerprint density at radius 3 is 2.50 bits per heavy atom. The minimum absolute atomic E-state index is 0.00354. The highest BCUT2D eigenvalue weighted by atomic mass is 16.2. The normalized spacial score (nSPS) is 28.1. The summed E-state index contributed by atoms with van der Waals surface area (Å²) in [6.45, 7) is 4.38. The number of carbonyl (C=O) groups is 1. The standard InChI is InChI=1S/C16H21N3O/c1-11-7-6-8-12(2)19(11)17-15-13-9-4-5-10-14(13)18(3)16(15)20/h4-5,9-12H,6-8H2,1-3H3. The number of fused-ring (bicyclic) bond motifs is 1. The van der Waals surface area contributed by atoms with Gasteiger partial charge in [0.2, 0.25) is 0 Å². The first-order valence-electron chi connectivity index (χ1n) is 7.34. The Hall–Kier alpha value is -1.84. The van der Waals surface area contributed by atoms with E-state index in [2.05, 4.69) is 18.9 Å². The molecule has 2 aliphatic rings. The van der Waals surface area contributed by atoms with Crippen LogP contribution < -0.4 is 4.90 Å². The third kappa shape index (κ3) is 1.99. The largest absolute Gasteiger partial charge is 0.309 e. The molecule has 4 heteroatoms. The molecule has 0 bridgehead atoms. The van der Waals surface area contributed by atoms with E-state index < -0.39 is 0 Å². The summed E-state index contributed by atoms with van der Waals surface area (Å²) in [6.07, 6.45) is 3.54. The lowest BCUT2D eigenvalue weighted by Crippen LogP contribution is -2.41. The fourth-order valence-corrected chi connectivity index (χ4v) is 3.17. The van der Waals surface area contributed by atoms with Gasteiger partial charge in [0, 0.05) is 24.7 Å². The number of amides is 1. The third-order valence-electron chi connectivity index (χ3n) is 4.39. The summed E-state index contributed by atoms with van der Waals surface area (Å²) in [5.41, 5.74) is 2.49. The van der Waals surface area contributed by atoms with Crippen molar-refractivity contribution in [1.29, 1.82) is 0 Å². The molecule has 2 unspecified atom stereocenters. The van der Waals surface area contributed by atoms with E-state index in [1.165, 1.54) is 6.42 Å². The van der Waals surface area contributed by atoms with Crippen molar-refractivity contribution in [3.8, 4) is 0 Å². The lowest BCUT2D eigenvalue weighted by Gasteiger charge is -2.37. The van der Waals surface area contributed by atoms with Crippen molar-refractivity contribution in [3.05, 3.63) is 29.8 Å². The highest BCUT2D eigenvalue weighted by Crippen LogP contribution is 2.30. The van der Waals surface area contributed by atoms with E-state index in [0.29, 0.717) is 17.8 Å². The first kappa shape index (κ1) is 13.2. The number of para-hydroxylation sites is 1. The average molecular weight is 271 g/mol. The van der Waals surface area contributed by atoms with Crippen LogP contribution in [0.5, 0.6) is 0 Å². The Morgan fingerprint density at radius 2 is 1.80 bits per heavy atom. The predicted molar refractivity (Wildman–Crippen MR) is 81.0 cm³/mol. The average Bonchev–Trinajstić information content (AvgIpc) is 2.68. The predicted octanol–water partition coefficient (Wildman–Crippen LogP) is 2.63. The van der Waals surface area contributed by atoms with Gasteiger partial charge in [0.15, 0.2) is 5.71 Å². The SMILES string of the molecule is CC1CCCC(C)N1N=C1C(=O)N(C)c2ccccc21. The van der Waals surface area contributed by atoms with Crippen molar-refractivity contribution in [2.75, 3.05) is 11.9 Å². The van der Waals surface area contributed by atoms with Gasteiger partial charge in [-0.05, 0) is 39.2 Å². The fourth-order valence-electron chi connectivity index (χ4n) is 3.17. The highest BCUT2D eigenvalue weighted by Gasteiger charge is 2.33. The van der Waals surface area contributed by atoms with Gasteiger partial charge in [0.25, 0.3) is 5.91 Å². The molecule has 0 radical (unpaired) electrons. The van der Waals surface area contributed by atoms with Gasteiger partial charge < -0.3 is 4.90 Å². The molecule has 1 aromatic carbocycles. The minimum Gasteiger partial charge on any atom is -0.309 e. The van der Waals surface area contributed by atoms with Crippen molar-refractivity contribution in [2.24, 2.45) is 5.10 Å². The molecule has 106 valence electrons. The van der Waals surface area contributed by atoms with Crippen LogP contribution >= 0.6 is 0 Å². The number of rotatable bonds is 1. The second-order valence-corrected chi connectivity index (χ2v) is 5.84. The Balaban J connectivity index is 2.01. The van der Waals surface area contributed by atoms with Crippen LogP contribution in [-0.2, 0) is 4.79 Å². The van der Waals surface area contributed by atoms with E-state index in [4.69, 9.17) is 5.10 Å². The molecule has 20 heavy (non-hydrogen) atoms. The molecular formula is C16H21N3O. The molecule has 1 fully saturated rings. The number of hydrazone groups is 1. The van der Waals surface area contributed by atoms with Crippen molar-refractivity contribution in [3.63, 3.8) is 0 Å². The van der Waals surface area contributed by atoms with E-state index in [1.54, 1.807) is 4.90 Å². The number of hydrogen-bond donors (Lipinski definition) is 0. The van der Waals surface area contributed by atoms with Gasteiger partial charge in [-0.1, -0.05) is 18.2 Å². The number of benzene rings is 1. The molecule has 2 atom stereocenters. The van der Waals surface area contributed by atoms with E-state index in [-0.39, 0.29) is 5.91 Å².